The van der Waals surface area contributed by atoms with Crippen molar-refractivity contribution in [1.29, 1.82) is 0 Å². The molecule has 0 aromatic heterocycles. The van der Waals surface area contributed by atoms with Gasteiger partial charge in [0.25, 0.3) is 0 Å². The molecule has 0 aliphatic heterocycles. The smallest absolute Gasteiger partial charge is 0.167 e. The number of carbonyl (C=O) groups excluding carboxylic acids is 1. The number of fused-ring (bicyclic) bond motifs is 4. The summed E-state index contributed by atoms with van der Waals surface area (Å²) in [7, 11) is 0. The lowest BCUT2D eigenvalue weighted by atomic mass is 9.84. The van der Waals surface area contributed by atoms with Gasteiger partial charge in [0, 0.05) is 19.0 Å². The molecule has 4 fully saturated rings. The summed E-state index contributed by atoms with van der Waals surface area (Å²) >= 11 is 0. The fourth-order valence-electron chi connectivity index (χ4n) is 5.70. The van der Waals surface area contributed by atoms with Crippen LogP contribution in [0.3, 0.4) is 0 Å². The van der Waals surface area contributed by atoms with Gasteiger partial charge in [0.15, 0.2) is 12.0 Å². The second-order valence-electron chi connectivity index (χ2n) is 9.10. The zero-order valence-corrected chi connectivity index (χ0v) is 16.0. The molecule has 0 saturated heterocycles. The Bertz CT molecular complexity index is 637. The van der Waals surface area contributed by atoms with Crippen molar-refractivity contribution in [2.75, 3.05) is 0 Å². The average Bonchev–Trinajstić information content (AvgIpc) is 3.29. The summed E-state index contributed by atoms with van der Waals surface area (Å²) < 4.78 is 27.1. The lowest BCUT2D eigenvalue weighted by Crippen LogP contribution is -2.44. The second-order valence-corrected chi connectivity index (χ2v) is 9.10. The van der Waals surface area contributed by atoms with Crippen LogP contribution in [0, 0.1) is 23.7 Å². The van der Waals surface area contributed by atoms with E-state index in [-0.39, 0.29) is 17.7 Å². The predicted molar refractivity (Wildman–Crippen MR) is 103 cm³/mol. The average molecular weight is 376 g/mol. The summed E-state index contributed by atoms with van der Waals surface area (Å²) in [5, 5.41) is 3.41. The number of carbonyl (C=O) groups is 1. The summed E-state index contributed by atoms with van der Waals surface area (Å²) in [6.45, 7) is 0.797. The van der Waals surface area contributed by atoms with Crippen LogP contribution < -0.4 is 5.32 Å². The van der Waals surface area contributed by atoms with Gasteiger partial charge in [-0.15, -0.1) is 0 Å². The van der Waals surface area contributed by atoms with Crippen molar-refractivity contribution in [2.45, 2.75) is 76.3 Å². The Kier molecular flexibility index (Phi) is 5.91. The molecule has 4 aliphatic carbocycles. The van der Waals surface area contributed by atoms with E-state index in [4.69, 9.17) is 0 Å². The number of hydrogen-bond acceptors (Lipinski definition) is 2. The summed E-state index contributed by atoms with van der Waals surface area (Å²) in [5.41, 5.74) is 1.25. The van der Waals surface area contributed by atoms with Crippen molar-refractivity contribution in [3.8, 4) is 0 Å². The van der Waals surface area contributed by atoms with E-state index >= 15 is 0 Å². The Morgan fingerprint density at radius 1 is 0.889 bits per heavy atom. The molecule has 4 bridgehead atoms. The van der Waals surface area contributed by atoms with Crippen LogP contribution in [0.2, 0.25) is 0 Å². The van der Waals surface area contributed by atoms with Crippen LogP contribution in [0.25, 0.3) is 0 Å². The quantitative estimate of drug-likeness (QED) is 0.804. The van der Waals surface area contributed by atoms with Crippen molar-refractivity contribution in [3.05, 3.63) is 35.9 Å². The summed E-state index contributed by atoms with van der Waals surface area (Å²) in [4.78, 5) is 10.9. The number of alkyl halides is 2. The molecule has 4 saturated carbocycles. The lowest BCUT2D eigenvalue weighted by molar-refractivity contribution is -0.128. The van der Waals surface area contributed by atoms with Crippen molar-refractivity contribution < 1.29 is 13.6 Å². The number of halogens is 2. The van der Waals surface area contributed by atoms with Crippen LogP contribution in [-0.2, 0) is 11.3 Å². The Morgan fingerprint density at radius 3 is 2.41 bits per heavy atom. The largest absolute Gasteiger partial charge is 0.307 e. The highest BCUT2D eigenvalue weighted by Crippen LogP contribution is 2.43. The summed E-state index contributed by atoms with van der Waals surface area (Å²) in [5.74, 6) is 1.59. The van der Waals surface area contributed by atoms with E-state index in [1.165, 1.54) is 12.0 Å². The minimum atomic E-state index is -1.11. The Balaban J connectivity index is 0.000000153. The molecule has 5 rings (SSSR count). The molecule has 4 heteroatoms. The van der Waals surface area contributed by atoms with E-state index in [0.29, 0.717) is 18.3 Å². The number of nitrogens with one attached hydrogen (secondary N) is 1. The first kappa shape index (κ1) is 19.0. The van der Waals surface area contributed by atoms with Crippen LogP contribution in [-0.4, -0.2) is 24.2 Å². The Labute approximate surface area is 161 Å². The molecule has 0 spiro atoms. The fraction of sp³-hybridized carbons (Fsp3) is 0.696. The van der Waals surface area contributed by atoms with Crippen molar-refractivity contribution in [3.63, 3.8) is 0 Å². The van der Waals surface area contributed by atoms with Gasteiger partial charge in [0.1, 0.15) is 6.17 Å². The first-order valence-electron chi connectivity index (χ1n) is 10.7. The molecule has 7 atom stereocenters. The summed E-state index contributed by atoms with van der Waals surface area (Å²) in [6.07, 6.45) is 6.27. The van der Waals surface area contributed by atoms with E-state index in [1.54, 1.807) is 0 Å². The third-order valence-corrected chi connectivity index (χ3v) is 7.21. The zero-order chi connectivity index (χ0) is 18.8. The molecule has 4 aliphatic rings. The number of Topliss-reactive ketones (excluding diaryl/α,β-unsaturated/α-hetero) is 1. The van der Waals surface area contributed by atoms with Gasteiger partial charge in [0.05, 0.1) is 0 Å². The maximum atomic E-state index is 14.2. The molecule has 148 valence electrons. The topological polar surface area (TPSA) is 29.1 Å². The monoisotopic (exact) mass is 375 g/mol. The first-order chi connectivity index (χ1) is 13.1. The molecular weight excluding hydrogens is 344 g/mol. The van der Waals surface area contributed by atoms with Gasteiger partial charge >= 0.3 is 0 Å². The standard InChI is InChI=1S/C15H20FN.C8H11FO/c16-15-13-7-6-12(8-13)9-14(15)17-10-11-4-2-1-3-5-11;9-8-6-2-1-5(3-6)4-7(8)10/h1-5,12-15,17H,6-10H2;5-6,8H,1-4H2/t12-,13+,14+,15-;5-,6+,8-/m11/s1. The van der Waals surface area contributed by atoms with E-state index in [2.05, 4.69) is 17.4 Å². The van der Waals surface area contributed by atoms with E-state index in [1.807, 2.05) is 18.2 Å². The van der Waals surface area contributed by atoms with Gasteiger partial charge in [-0.05, 0) is 67.8 Å². The number of hydrogen-bond donors (Lipinski definition) is 1. The Morgan fingerprint density at radius 2 is 1.59 bits per heavy atom. The van der Waals surface area contributed by atoms with Crippen LogP contribution in [0.1, 0.15) is 56.9 Å². The number of benzene rings is 1. The Hall–Kier alpha value is -1.29. The molecule has 1 N–H and O–H groups in total. The molecular formula is C23H31F2NO. The fourth-order valence-corrected chi connectivity index (χ4v) is 5.70. The van der Waals surface area contributed by atoms with Gasteiger partial charge in [-0.1, -0.05) is 36.8 Å². The maximum Gasteiger partial charge on any atom is 0.167 e. The van der Waals surface area contributed by atoms with Crippen LogP contribution in [0.15, 0.2) is 30.3 Å². The van der Waals surface area contributed by atoms with Gasteiger partial charge in [-0.2, -0.15) is 0 Å². The highest BCUT2D eigenvalue weighted by Gasteiger charge is 2.42. The number of ketones is 1. The van der Waals surface area contributed by atoms with Gasteiger partial charge in [-0.3, -0.25) is 4.79 Å². The summed E-state index contributed by atoms with van der Waals surface area (Å²) in [6, 6.07) is 10.4. The van der Waals surface area contributed by atoms with E-state index in [9.17, 15) is 13.6 Å². The maximum absolute atomic E-state index is 14.2. The van der Waals surface area contributed by atoms with Crippen molar-refractivity contribution in [1.82, 2.24) is 5.32 Å². The highest BCUT2D eigenvalue weighted by molar-refractivity contribution is 5.84. The highest BCUT2D eigenvalue weighted by atomic mass is 19.1. The molecule has 0 heterocycles. The van der Waals surface area contributed by atoms with Crippen LogP contribution >= 0.6 is 0 Å². The van der Waals surface area contributed by atoms with E-state index < -0.39 is 12.3 Å². The third kappa shape index (κ3) is 4.42. The third-order valence-electron chi connectivity index (χ3n) is 7.21. The van der Waals surface area contributed by atoms with Crippen LogP contribution in [0.4, 0.5) is 8.78 Å². The molecule has 0 unspecified atom stereocenters. The van der Waals surface area contributed by atoms with Crippen molar-refractivity contribution >= 4 is 5.78 Å². The zero-order valence-electron chi connectivity index (χ0n) is 16.0. The molecule has 0 amide bonds. The molecule has 2 nitrogen and oxygen atoms in total. The minimum absolute atomic E-state index is 0.0847. The van der Waals surface area contributed by atoms with Gasteiger partial charge in [0.2, 0.25) is 0 Å². The normalized spacial score (nSPS) is 39.8. The van der Waals surface area contributed by atoms with Gasteiger partial charge in [-0.25, -0.2) is 8.78 Å². The molecule has 1 aromatic carbocycles. The van der Waals surface area contributed by atoms with Crippen molar-refractivity contribution in [2.24, 2.45) is 23.7 Å². The number of rotatable bonds is 3. The minimum Gasteiger partial charge on any atom is -0.307 e. The SMILES string of the molecule is F[C@@H]1[C@H]2CC[C@H](C2)C[C@@H]1NCc1ccccc1.O=C1C[C@@H]2CC[C@@H](C2)[C@H]1F. The van der Waals surface area contributed by atoms with E-state index in [0.717, 1.165) is 51.0 Å². The lowest BCUT2D eigenvalue weighted by Gasteiger charge is -2.32. The molecule has 1 aromatic rings. The predicted octanol–water partition coefficient (Wildman–Crippen LogP) is 5.02. The second kappa shape index (κ2) is 8.38. The molecule has 27 heavy (non-hydrogen) atoms. The first-order valence-corrected chi connectivity index (χ1v) is 10.7. The van der Waals surface area contributed by atoms with Gasteiger partial charge < -0.3 is 5.32 Å². The van der Waals surface area contributed by atoms with Crippen LogP contribution in [0.5, 0.6) is 0 Å². The molecule has 0 radical (unpaired) electrons.